The normalized spacial score (nSPS) is 10.2. The van der Waals surface area contributed by atoms with Gasteiger partial charge in [0.2, 0.25) is 11.8 Å². The molecule has 0 bridgehead atoms. The highest BCUT2D eigenvalue weighted by Gasteiger charge is 2.11. The van der Waals surface area contributed by atoms with Gasteiger partial charge in [0.25, 0.3) is 0 Å². The Balaban J connectivity index is 2.50. The topological polar surface area (TPSA) is 49.4 Å². The molecule has 1 rings (SSSR count). The van der Waals surface area contributed by atoms with Gasteiger partial charge in [-0.05, 0) is 18.9 Å². The summed E-state index contributed by atoms with van der Waals surface area (Å²) in [5.41, 5.74) is 2.28. The van der Waals surface area contributed by atoms with Crippen molar-refractivity contribution in [3.63, 3.8) is 0 Å². The number of nitrogens with one attached hydrogen (secondary N) is 1. The van der Waals surface area contributed by atoms with Gasteiger partial charge >= 0.3 is 0 Å². The molecule has 0 atom stereocenters. The van der Waals surface area contributed by atoms with Crippen LogP contribution in [0.2, 0.25) is 0 Å². The van der Waals surface area contributed by atoms with Crippen LogP contribution in [0, 0.1) is 6.92 Å². The van der Waals surface area contributed by atoms with Gasteiger partial charge in [-0.25, -0.2) is 0 Å². The van der Waals surface area contributed by atoms with Crippen LogP contribution in [-0.4, -0.2) is 29.8 Å². The predicted octanol–water partition coefficient (Wildman–Crippen LogP) is 2.26. The monoisotopic (exact) mass is 276 g/mol. The Morgan fingerprint density at radius 1 is 1.20 bits per heavy atom. The third-order valence-electron chi connectivity index (χ3n) is 3.12. The number of nitrogens with zero attached hydrogens (tertiary/aromatic N) is 1. The molecule has 20 heavy (non-hydrogen) atoms. The van der Waals surface area contributed by atoms with Crippen LogP contribution in [0.3, 0.4) is 0 Å². The Morgan fingerprint density at radius 3 is 2.40 bits per heavy atom. The number of benzene rings is 1. The Morgan fingerprint density at radius 2 is 1.85 bits per heavy atom. The van der Waals surface area contributed by atoms with Crippen LogP contribution in [0.5, 0.6) is 0 Å². The number of rotatable bonds is 7. The summed E-state index contributed by atoms with van der Waals surface area (Å²) >= 11 is 0. The summed E-state index contributed by atoms with van der Waals surface area (Å²) < 4.78 is 0. The minimum atomic E-state index is -0.00568. The zero-order chi connectivity index (χ0) is 15.0. The Kier molecular flexibility index (Phi) is 6.77. The Labute approximate surface area is 121 Å². The van der Waals surface area contributed by atoms with Crippen LogP contribution in [0.25, 0.3) is 0 Å². The van der Waals surface area contributed by atoms with Crippen LogP contribution < -0.4 is 5.32 Å². The zero-order valence-corrected chi connectivity index (χ0v) is 12.6. The van der Waals surface area contributed by atoms with Gasteiger partial charge in [0.15, 0.2) is 0 Å². The molecular weight excluding hydrogens is 252 g/mol. The molecule has 0 heterocycles. The lowest BCUT2D eigenvalue weighted by Crippen LogP contribution is -2.33. The number of hydrogen-bond donors (Lipinski definition) is 1. The molecule has 0 saturated carbocycles. The summed E-state index contributed by atoms with van der Waals surface area (Å²) in [7, 11) is 0. The molecule has 0 radical (unpaired) electrons. The highest BCUT2D eigenvalue weighted by atomic mass is 16.2. The molecule has 1 aromatic rings. The highest BCUT2D eigenvalue weighted by molar-refractivity contribution is 5.77. The number of carbonyl (C=O) groups is 2. The van der Waals surface area contributed by atoms with E-state index >= 15 is 0 Å². The van der Waals surface area contributed by atoms with Crippen molar-refractivity contribution < 1.29 is 9.59 Å². The fourth-order valence-electron chi connectivity index (χ4n) is 1.85. The number of carbonyl (C=O) groups excluding carboxylic acids is 2. The Bertz CT molecular complexity index is 440. The molecule has 0 spiro atoms. The summed E-state index contributed by atoms with van der Waals surface area (Å²) in [6.07, 6.45) is 1.27. The Hall–Kier alpha value is -1.84. The third-order valence-corrected chi connectivity index (χ3v) is 3.12. The van der Waals surface area contributed by atoms with Gasteiger partial charge in [-0.1, -0.05) is 36.8 Å². The standard InChI is InChI=1S/C16H24N2O2/c1-4-10-17-16(20)9-11-18(14(3)19)12-15-7-5-13(2)6-8-15/h5-8H,4,9-12H2,1-3H3,(H,17,20). The number of hydrogen-bond acceptors (Lipinski definition) is 2. The molecule has 0 aromatic heterocycles. The van der Waals surface area contributed by atoms with Gasteiger partial charge in [0.05, 0.1) is 0 Å². The molecule has 2 amide bonds. The molecule has 110 valence electrons. The third kappa shape index (κ3) is 5.87. The molecule has 0 fully saturated rings. The average molecular weight is 276 g/mol. The lowest BCUT2D eigenvalue weighted by Gasteiger charge is -2.21. The van der Waals surface area contributed by atoms with E-state index in [0.29, 0.717) is 26.1 Å². The molecule has 0 unspecified atom stereocenters. The van der Waals surface area contributed by atoms with Crippen molar-refractivity contribution in [2.24, 2.45) is 0 Å². The second-order valence-electron chi connectivity index (χ2n) is 5.03. The van der Waals surface area contributed by atoms with E-state index in [1.54, 1.807) is 4.90 Å². The van der Waals surface area contributed by atoms with Crippen molar-refractivity contribution >= 4 is 11.8 Å². The van der Waals surface area contributed by atoms with E-state index in [1.165, 1.54) is 12.5 Å². The van der Waals surface area contributed by atoms with Gasteiger partial charge in [0, 0.05) is 33.0 Å². The van der Waals surface area contributed by atoms with Crippen molar-refractivity contribution in [2.45, 2.75) is 40.2 Å². The van der Waals surface area contributed by atoms with E-state index in [2.05, 4.69) is 5.32 Å². The molecule has 4 nitrogen and oxygen atoms in total. The molecule has 4 heteroatoms. The highest BCUT2D eigenvalue weighted by Crippen LogP contribution is 2.07. The van der Waals surface area contributed by atoms with Gasteiger partial charge in [0.1, 0.15) is 0 Å². The van der Waals surface area contributed by atoms with E-state index < -0.39 is 0 Å². The molecule has 0 aliphatic rings. The first-order valence-electron chi connectivity index (χ1n) is 7.10. The van der Waals surface area contributed by atoms with Crippen LogP contribution >= 0.6 is 0 Å². The lowest BCUT2D eigenvalue weighted by molar-refractivity contribution is -0.130. The maximum Gasteiger partial charge on any atom is 0.221 e. The maximum atomic E-state index is 11.6. The zero-order valence-electron chi connectivity index (χ0n) is 12.6. The summed E-state index contributed by atoms with van der Waals surface area (Å²) in [5.74, 6) is -0.00382. The van der Waals surface area contributed by atoms with Crippen LogP contribution in [-0.2, 0) is 16.1 Å². The summed E-state index contributed by atoms with van der Waals surface area (Å²) in [5, 5.41) is 2.82. The van der Waals surface area contributed by atoms with Crippen molar-refractivity contribution in [1.29, 1.82) is 0 Å². The number of amides is 2. The van der Waals surface area contributed by atoms with E-state index in [4.69, 9.17) is 0 Å². The lowest BCUT2D eigenvalue weighted by atomic mass is 10.1. The summed E-state index contributed by atoms with van der Waals surface area (Å²) in [6.45, 7) is 7.29. The smallest absolute Gasteiger partial charge is 0.221 e. The fourth-order valence-corrected chi connectivity index (χ4v) is 1.85. The second kappa shape index (κ2) is 8.35. The number of aryl methyl sites for hydroxylation is 1. The second-order valence-corrected chi connectivity index (χ2v) is 5.03. The summed E-state index contributed by atoms with van der Waals surface area (Å²) in [4.78, 5) is 24.9. The van der Waals surface area contributed by atoms with Crippen molar-refractivity contribution in [3.8, 4) is 0 Å². The van der Waals surface area contributed by atoms with Gasteiger partial charge in [-0.15, -0.1) is 0 Å². The molecule has 0 aliphatic carbocycles. The van der Waals surface area contributed by atoms with Crippen LogP contribution in [0.4, 0.5) is 0 Å². The van der Waals surface area contributed by atoms with Gasteiger partial charge < -0.3 is 10.2 Å². The van der Waals surface area contributed by atoms with E-state index in [0.717, 1.165) is 12.0 Å². The van der Waals surface area contributed by atoms with Crippen LogP contribution in [0.1, 0.15) is 37.8 Å². The maximum absolute atomic E-state index is 11.6. The first-order valence-corrected chi connectivity index (χ1v) is 7.10. The van der Waals surface area contributed by atoms with Gasteiger partial charge in [-0.2, -0.15) is 0 Å². The minimum Gasteiger partial charge on any atom is -0.356 e. The van der Waals surface area contributed by atoms with Gasteiger partial charge in [-0.3, -0.25) is 9.59 Å². The molecule has 0 saturated heterocycles. The molecule has 1 aromatic carbocycles. The van der Waals surface area contributed by atoms with E-state index in [9.17, 15) is 9.59 Å². The van der Waals surface area contributed by atoms with Crippen molar-refractivity contribution in [1.82, 2.24) is 10.2 Å². The predicted molar refractivity (Wildman–Crippen MR) is 80.2 cm³/mol. The first-order chi connectivity index (χ1) is 9.52. The van der Waals surface area contributed by atoms with Crippen molar-refractivity contribution in [3.05, 3.63) is 35.4 Å². The average Bonchev–Trinajstić information content (AvgIpc) is 2.42. The first kappa shape index (κ1) is 16.2. The minimum absolute atomic E-state index is 0.00186. The molecule has 0 aliphatic heterocycles. The van der Waals surface area contributed by atoms with E-state index in [-0.39, 0.29) is 11.8 Å². The quantitative estimate of drug-likeness (QED) is 0.830. The molecular formula is C16H24N2O2. The van der Waals surface area contributed by atoms with Crippen molar-refractivity contribution in [2.75, 3.05) is 13.1 Å². The fraction of sp³-hybridized carbons (Fsp3) is 0.500. The van der Waals surface area contributed by atoms with E-state index in [1.807, 2.05) is 38.1 Å². The van der Waals surface area contributed by atoms with Crippen LogP contribution in [0.15, 0.2) is 24.3 Å². The molecule has 1 N–H and O–H groups in total. The SMILES string of the molecule is CCCNC(=O)CCN(Cc1ccc(C)cc1)C(C)=O. The summed E-state index contributed by atoms with van der Waals surface area (Å²) in [6, 6.07) is 8.09. The largest absolute Gasteiger partial charge is 0.356 e.